The van der Waals surface area contributed by atoms with E-state index in [0.717, 1.165) is 12.0 Å². The molecule has 2 aromatic carbocycles. The van der Waals surface area contributed by atoms with Crippen LogP contribution in [0.5, 0.6) is 5.75 Å². The molecule has 1 fully saturated rings. The number of Topliss-reactive ketones (excluding diaryl/α,β-unsaturated/α-hetero) is 1. The molecule has 4 rings (SSSR count). The van der Waals surface area contributed by atoms with E-state index in [0.29, 0.717) is 40.3 Å². The number of nitrogens with one attached hydrogen (secondary N) is 1. The second-order valence-corrected chi connectivity index (χ2v) is 8.66. The van der Waals surface area contributed by atoms with Crippen molar-refractivity contribution in [1.29, 1.82) is 0 Å². The number of fused-ring (bicyclic) bond motifs is 1. The maximum atomic E-state index is 12.8. The van der Waals surface area contributed by atoms with E-state index in [1.165, 1.54) is 6.07 Å². The minimum absolute atomic E-state index is 0.0727. The first-order chi connectivity index (χ1) is 15.8. The summed E-state index contributed by atoms with van der Waals surface area (Å²) in [6, 6.07) is 13.0. The monoisotopic (exact) mass is 469 g/mol. The fraction of sp³-hybridized carbons (Fsp3) is 0.320. The Bertz CT molecular complexity index is 1250. The molecule has 1 aliphatic rings. The number of rotatable bonds is 7. The summed E-state index contributed by atoms with van der Waals surface area (Å²) in [4.78, 5) is 36.5. The number of aliphatic carboxylic acids is 1. The second kappa shape index (κ2) is 9.77. The third kappa shape index (κ3) is 4.94. The normalized spacial score (nSPS) is 19.2. The number of halogens is 1. The largest absolute Gasteiger partial charge is 0.493 e. The zero-order valence-electron chi connectivity index (χ0n) is 18.0. The van der Waals surface area contributed by atoms with Gasteiger partial charge in [0.1, 0.15) is 11.3 Å². The van der Waals surface area contributed by atoms with Crippen molar-refractivity contribution in [2.24, 2.45) is 11.8 Å². The van der Waals surface area contributed by atoms with Crippen LogP contribution < -0.4 is 15.7 Å². The van der Waals surface area contributed by atoms with E-state index >= 15 is 0 Å². The van der Waals surface area contributed by atoms with Crippen LogP contribution in [-0.2, 0) is 9.59 Å². The number of hydrogen-bond acceptors (Lipinski definition) is 6. The van der Waals surface area contributed by atoms with Crippen LogP contribution in [0, 0.1) is 11.8 Å². The molecule has 7 nitrogen and oxygen atoms in total. The summed E-state index contributed by atoms with van der Waals surface area (Å²) in [5.41, 5.74) is 1.21. The lowest BCUT2D eigenvalue weighted by molar-refractivity contribution is -0.147. The summed E-state index contributed by atoms with van der Waals surface area (Å²) in [7, 11) is 0. The Morgan fingerprint density at radius 3 is 2.76 bits per heavy atom. The molecule has 0 radical (unpaired) electrons. The molecule has 3 aromatic rings. The Labute approximate surface area is 195 Å². The first-order valence-corrected chi connectivity index (χ1v) is 11.2. The molecule has 1 aliphatic heterocycles. The lowest BCUT2D eigenvalue weighted by atomic mass is 9.84. The molecule has 1 aromatic heterocycles. The first-order valence-electron chi connectivity index (χ1n) is 10.8. The molecule has 0 spiro atoms. The van der Waals surface area contributed by atoms with E-state index in [9.17, 15) is 19.5 Å². The van der Waals surface area contributed by atoms with Crippen molar-refractivity contribution >= 4 is 34.3 Å². The molecule has 0 amide bonds. The number of carbonyl (C=O) groups excluding carboxylic acids is 1. The van der Waals surface area contributed by atoms with Gasteiger partial charge in [0.25, 0.3) is 0 Å². The molecular formula is C25H24ClNO6. The number of benzene rings is 2. The molecule has 2 N–H and O–H groups in total. The van der Waals surface area contributed by atoms with Gasteiger partial charge in [-0.15, -0.1) is 0 Å². The van der Waals surface area contributed by atoms with Crippen LogP contribution in [0.1, 0.15) is 19.8 Å². The average molecular weight is 470 g/mol. The fourth-order valence-electron chi connectivity index (χ4n) is 4.20. The molecule has 0 bridgehead atoms. The molecule has 8 heteroatoms. The number of ketones is 1. The van der Waals surface area contributed by atoms with Crippen molar-refractivity contribution in [2.45, 2.75) is 25.8 Å². The summed E-state index contributed by atoms with van der Waals surface area (Å²) >= 11 is 6.32. The van der Waals surface area contributed by atoms with Gasteiger partial charge < -0.3 is 19.6 Å². The Morgan fingerprint density at radius 1 is 1.21 bits per heavy atom. The van der Waals surface area contributed by atoms with Gasteiger partial charge in [0.2, 0.25) is 0 Å². The Balaban J connectivity index is 1.53. The van der Waals surface area contributed by atoms with Crippen LogP contribution in [0.3, 0.4) is 0 Å². The minimum Gasteiger partial charge on any atom is -0.493 e. The van der Waals surface area contributed by atoms with Gasteiger partial charge in [0.15, 0.2) is 5.78 Å². The lowest BCUT2D eigenvalue weighted by Gasteiger charge is -2.30. The minimum atomic E-state index is -0.965. The molecule has 3 atom stereocenters. The maximum Gasteiger partial charge on any atom is 0.336 e. The predicted octanol–water partition coefficient (Wildman–Crippen LogP) is 4.15. The summed E-state index contributed by atoms with van der Waals surface area (Å²) in [6.07, 6.45) is 1.20. The van der Waals surface area contributed by atoms with Crippen LogP contribution >= 0.6 is 11.6 Å². The van der Waals surface area contributed by atoms with E-state index in [1.54, 1.807) is 31.2 Å². The Hall–Kier alpha value is -3.16. The summed E-state index contributed by atoms with van der Waals surface area (Å²) in [5.74, 6) is -1.96. The standard InChI is InChI=1S/C25H24ClNO6/c1-14(24(29)23-18(25(30)31)6-4-10-27-23)13-32-15-8-9-17-19(12-22(28)33-21(17)11-15)16-5-2-3-7-20(16)26/h2-3,5,7-9,11-12,14,18,23,27H,4,6,10,13H2,1H3,(H,30,31)/t14?,18-,23?/m0/s1. The molecule has 2 heterocycles. The lowest BCUT2D eigenvalue weighted by Crippen LogP contribution is -2.51. The molecule has 2 unspecified atom stereocenters. The zero-order chi connectivity index (χ0) is 23.5. The van der Waals surface area contributed by atoms with Gasteiger partial charge in [0, 0.05) is 33.7 Å². The Morgan fingerprint density at radius 2 is 2.00 bits per heavy atom. The summed E-state index contributed by atoms with van der Waals surface area (Å²) < 4.78 is 11.2. The van der Waals surface area contributed by atoms with E-state index in [1.807, 2.05) is 18.2 Å². The van der Waals surface area contributed by atoms with Crippen LogP contribution in [0.25, 0.3) is 22.1 Å². The van der Waals surface area contributed by atoms with E-state index in [-0.39, 0.29) is 12.4 Å². The zero-order valence-corrected chi connectivity index (χ0v) is 18.8. The highest BCUT2D eigenvalue weighted by molar-refractivity contribution is 6.33. The highest BCUT2D eigenvalue weighted by Crippen LogP contribution is 2.33. The van der Waals surface area contributed by atoms with Gasteiger partial charge in [-0.25, -0.2) is 4.79 Å². The SMILES string of the molecule is CC(COc1ccc2c(-c3ccccc3Cl)cc(=O)oc2c1)C(=O)C1NCCC[C@@H]1C(=O)O. The molecular weight excluding hydrogens is 446 g/mol. The van der Waals surface area contributed by atoms with Gasteiger partial charge in [-0.2, -0.15) is 0 Å². The number of carboxylic acids is 1. The van der Waals surface area contributed by atoms with Crippen LogP contribution in [0.4, 0.5) is 0 Å². The first kappa shape index (κ1) is 23.0. The molecule has 0 aliphatic carbocycles. The summed E-state index contributed by atoms with van der Waals surface area (Å²) in [5, 5.41) is 13.7. The number of carbonyl (C=O) groups is 2. The van der Waals surface area contributed by atoms with Crippen molar-refractivity contribution < 1.29 is 23.8 Å². The number of carboxylic acid groups (broad SMARTS) is 1. The average Bonchev–Trinajstić information content (AvgIpc) is 2.81. The van der Waals surface area contributed by atoms with Crippen molar-refractivity contribution in [1.82, 2.24) is 5.32 Å². The van der Waals surface area contributed by atoms with Gasteiger partial charge in [-0.1, -0.05) is 36.7 Å². The molecule has 1 saturated heterocycles. The van der Waals surface area contributed by atoms with Crippen LogP contribution in [0.15, 0.2) is 57.7 Å². The van der Waals surface area contributed by atoms with Gasteiger partial charge in [0.05, 0.1) is 24.5 Å². The maximum absolute atomic E-state index is 12.8. The topological polar surface area (TPSA) is 106 Å². The fourth-order valence-corrected chi connectivity index (χ4v) is 4.44. The smallest absolute Gasteiger partial charge is 0.336 e. The van der Waals surface area contributed by atoms with E-state index in [4.69, 9.17) is 20.8 Å². The number of ether oxygens (including phenoxy) is 1. The van der Waals surface area contributed by atoms with Crippen molar-refractivity contribution in [3.05, 3.63) is 64.0 Å². The second-order valence-electron chi connectivity index (χ2n) is 8.25. The van der Waals surface area contributed by atoms with Gasteiger partial charge >= 0.3 is 11.6 Å². The van der Waals surface area contributed by atoms with Gasteiger partial charge in [-0.05, 0) is 37.6 Å². The van der Waals surface area contributed by atoms with Crippen LogP contribution in [0.2, 0.25) is 5.02 Å². The van der Waals surface area contributed by atoms with Gasteiger partial charge in [-0.3, -0.25) is 9.59 Å². The predicted molar refractivity (Wildman–Crippen MR) is 125 cm³/mol. The van der Waals surface area contributed by atoms with Crippen molar-refractivity contribution in [3.8, 4) is 16.9 Å². The van der Waals surface area contributed by atoms with Crippen molar-refractivity contribution in [2.75, 3.05) is 13.2 Å². The number of hydrogen-bond donors (Lipinski definition) is 2. The van der Waals surface area contributed by atoms with E-state index in [2.05, 4.69) is 5.32 Å². The molecule has 33 heavy (non-hydrogen) atoms. The van der Waals surface area contributed by atoms with Crippen LogP contribution in [-0.4, -0.2) is 36.1 Å². The quantitative estimate of drug-likeness (QED) is 0.500. The Kier molecular flexibility index (Phi) is 6.81. The van der Waals surface area contributed by atoms with Crippen molar-refractivity contribution in [3.63, 3.8) is 0 Å². The number of piperidine rings is 1. The third-order valence-electron chi connectivity index (χ3n) is 5.95. The summed E-state index contributed by atoms with van der Waals surface area (Å²) in [6.45, 7) is 2.41. The molecule has 0 saturated carbocycles. The highest BCUT2D eigenvalue weighted by Gasteiger charge is 2.37. The highest BCUT2D eigenvalue weighted by atomic mass is 35.5. The third-order valence-corrected chi connectivity index (χ3v) is 6.28. The molecule has 172 valence electrons. The van der Waals surface area contributed by atoms with E-state index < -0.39 is 29.5 Å².